The molecule has 0 atom stereocenters. The summed E-state index contributed by atoms with van der Waals surface area (Å²) < 4.78 is 3.59. The van der Waals surface area contributed by atoms with E-state index in [2.05, 4.69) is 5.32 Å². The number of imidazole rings is 1. The Hall–Kier alpha value is -1.59. The van der Waals surface area contributed by atoms with E-state index >= 15 is 0 Å². The molecule has 1 aromatic heterocycles. The number of nitrogens with one attached hydrogen (secondary N) is 1. The SMILES string of the molecule is O=c1n(CCO)c2ccccc2n1C1CCNCC1. The monoisotopic (exact) mass is 261 g/mol. The van der Waals surface area contributed by atoms with E-state index in [1.807, 2.05) is 28.8 Å². The first kappa shape index (κ1) is 12.4. The van der Waals surface area contributed by atoms with Crippen molar-refractivity contribution in [3.05, 3.63) is 34.7 Å². The Morgan fingerprint density at radius 3 is 2.58 bits per heavy atom. The highest BCUT2D eigenvalue weighted by molar-refractivity contribution is 5.76. The summed E-state index contributed by atoms with van der Waals surface area (Å²) in [7, 11) is 0. The van der Waals surface area contributed by atoms with Crippen LogP contribution >= 0.6 is 0 Å². The van der Waals surface area contributed by atoms with E-state index in [1.165, 1.54) is 0 Å². The van der Waals surface area contributed by atoms with E-state index < -0.39 is 0 Å². The Balaban J connectivity index is 2.17. The number of aliphatic hydroxyl groups excluding tert-OH is 1. The Morgan fingerprint density at radius 1 is 1.21 bits per heavy atom. The molecule has 2 N–H and O–H groups in total. The molecule has 0 spiro atoms. The number of nitrogens with zero attached hydrogens (tertiary/aromatic N) is 2. The molecule has 0 bridgehead atoms. The molecule has 0 radical (unpaired) electrons. The summed E-state index contributed by atoms with van der Waals surface area (Å²) in [6.07, 6.45) is 1.96. The molecule has 1 saturated heterocycles. The Kier molecular flexibility index (Phi) is 3.40. The maximum atomic E-state index is 12.6. The average Bonchev–Trinajstić information content (AvgIpc) is 2.73. The highest BCUT2D eigenvalue weighted by atomic mass is 16.3. The predicted molar refractivity (Wildman–Crippen MR) is 74.4 cm³/mol. The van der Waals surface area contributed by atoms with Gasteiger partial charge in [0.2, 0.25) is 0 Å². The van der Waals surface area contributed by atoms with Crippen LogP contribution < -0.4 is 11.0 Å². The third-order valence-corrected chi connectivity index (χ3v) is 3.87. The molecule has 19 heavy (non-hydrogen) atoms. The molecule has 0 unspecified atom stereocenters. The Bertz CT molecular complexity index is 623. The second-order valence-electron chi connectivity index (χ2n) is 5.00. The zero-order chi connectivity index (χ0) is 13.2. The van der Waals surface area contributed by atoms with Crippen LogP contribution in [0.4, 0.5) is 0 Å². The van der Waals surface area contributed by atoms with Crippen LogP contribution in [-0.4, -0.2) is 33.9 Å². The number of aliphatic hydroxyl groups is 1. The number of rotatable bonds is 3. The van der Waals surface area contributed by atoms with Crippen molar-refractivity contribution in [3.8, 4) is 0 Å². The first-order chi connectivity index (χ1) is 9.33. The lowest BCUT2D eigenvalue weighted by molar-refractivity contribution is 0.274. The molecule has 0 saturated carbocycles. The van der Waals surface area contributed by atoms with Crippen molar-refractivity contribution in [1.82, 2.24) is 14.5 Å². The van der Waals surface area contributed by atoms with Crippen LogP contribution in [0.25, 0.3) is 11.0 Å². The number of hydrogen-bond donors (Lipinski definition) is 2. The number of hydrogen-bond acceptors (Lipinski definition) is 3. The maximum Gasteiger partial charge on any atom is 0.329 e. The number of benzene rings is 1. The summed E-state index contributed by atoms with van der Waals surface area (Å²) >= 11 is 0. The molecule has 102 valence electrons. The summed E-state index contributed by atoms with van der Waals surface area (Å²) in [5, 5.41) is 12.5. The molecule has 2 heterocycles. The highest BCUT2D eigenvalue weighted by Gasteiger charge is 2.21. The van der Waals surface area contributed by atoms with Crippen LogP contribution in [0, 0.1) is 0 Å². The van der Waals surface area contributed by atoms with Gasteiger partial charge in [-0.05, 0) is 38.1 Å². The molecule has 1 aliphatic rings. The van der Waals surface area contributed by atoms with Gasteiger partial charge in [0.1, 0.15) is 0 Å². The van der Waals surface area contributed by atoms with Gasteiger partial charge in [-0.15, -0.1) is 0 Å². The van der Waals surface area contributed by atoms with Gasteiger partial charge in [-0.2, -0.15) is 0 Å². The average molecular weight is 261 g/mol. The third kappa shape index (κ3) is 2.09. The quantitative estimate of drug-likeness (QED) is 0.856. The fourth-order valence-electron chi connectivity index (χ4n) is 2.97. The lowest BCUT2D eigenvalue weighted by Gasteiger charge is -2.23. The second-order valence-corrected chi connectivity index (χ2v) is 5.00. The smallest absolute Gasteiger partial charge is 0.329 e. The van der Waals surface area contributed by atoms with Crippen molar-refractivity contribution in [2.45, 2.75) is 25.4 Å². The molecule has 5 heteroatoms. The zero-order valence-corrected chi connectivity index (χ0v) is 10.9. The molecule has 3 rings (SSSR count). The van der Waals surface area contributed by atoms with Crippen molar-refractivity contribution in [3.63, 3.8) is 0 Å². The molecule has 1 aromatic carbocycles. The summed E-state index contributed by atoms with van der Waals surface area (Å²) in [4.78, 5) is 12.6. The lowest BCUT2D eigenvalue weighted by Crippen LogP contribution is -2.35. The van der Waals surface area contributed by atoms with E-state index in [-0.39, 0.29) is 18.3 Å². The lowest BCUT2D eigenvalue weighted by atomic mass is 10.1. The molecule has 1 fully saturated rings. The molecular weight excluding hydrogens is 242 g/mol. The van der Waals surface area contributed by atoms with Crippen LogP contribution in [-0.2, 0) is 6.54 Å². The van der Waals surface area contributed by atoms with Crippen molar-refractivity contribution in [2.24, 2.45) is 0 Å². The van der Waals surface area contributed by atoms with E-state index in [9.17, 15) is 4.79 Å². The summed E-state index contributed by atoms with van der Waals surface area (Å²) in [6.45, 7) is 2.25. The van der Waals surface area contributed by atoms with Gasteiger partial charge in [0.25, 0.3) is 0 Å². The van der Waals surface area contributed by atoms with Gasteiger partial charge in [-0.3, -0.25) is 9.13 Å². The fraction of sp³-hybridized carbons (Fsp3) is 0.500. The van der Waals surface area contributed by atoms with Gasteiger partial charge in [0.15, 0.2) is 0 Å². The van der Waals surface area contributed by atoms with Gasteiger partial charge in [0.05, 0.1) is 24.2 Å². The van der Waals surface area contributed by atoms with Crippen LogP contribution in [0.2, 0.25) is 0 Å². The number of para-hydroxylation sites is 2. The standard InChI is InChI=1S/C14H19N3O2/c18-10-9-16-12-3-1-2-4-13(12)17(14(16)19)11-5-7-15-8-6-11/h1-4,11,15,18H,5-10H2. The van der Waals surface area contributed by atoms with Crippen molar-refractivity contribution in [1.29, 1.82) is 0 Å². The van der Waals surface area contributed by atoms with Crippen LogP contribution in [0.3, 0.4) is 0 Å². The van der Waals surface area contributed by atoms with E-state index in [4.69, 9.17) is 5.11 Å². The predicted octanol–water partition coefficient (Wildman–Crippen LogP) is 0.720. The number of aromatic nitrogens is 2. The minimum atomic E-state index is -0.0138. The molecule has 5 nitrogen and oxygen atoms in total. The Labute approximate surface area is 111 Å². The van der Waals surface area contributed by atoms with Gasteiger partial charge in [-0.25, -0.2) is 4.79 Å². The molecule has 0 amide bonds. The fourth-order valence-corrected chi connectivity index (χ4v) is 2.97. The normalized spacial score (nSPS) is 17.1. The maximum absolute atomic E-state index is 12.6. The second kappa shape index (κ2) is 5.19. The summed E-state index contributed by atoms with van der Waals surface area (Å²) in [5.74, 6) is 0. The van der Waals surface area contributed by atoms with Crippen molar-refractivity contribution < 1.29 is 5.11 Å². The third-order valence-electron chi connectivity index (χ3n) is 3.87. The Morgan fingerprint density at radius 2 is 1.89 bits per heavy atom. The van der Waals surface area contributed by atoms with Gasteiger partial charge in [-0.1, -0.05) is 12.1 Å². The van der Waals surface area contributed by atoms with Crippen LogP contribution in [0.15, 0.2) is 29.1 Å². The van der Waals surface area contributed by atoms with Gasteiger partial charge >= 0.3 is 5.69 Å². The molecule has 0 aliphatic carbocycles. The van der Waals surface area contributed by atoms with Crippen molar-refractivity contribution >= 4 is 11.0 Å². The van der Waals surface area contributed by atoms with E-state index in [0.29, 0.717) is 6.54 Å². The zero-order valence-electron chi connectivity index (χ0n) is 10.9. The molecule has 1 aliphatic heterocycles. The summed E-state index contributed by atoms with van der Waals surface area (Å²) in [5.41, 5.74) is 1.90. The molecule has 2 aromatic rings. The van der Waals surface area contributed by atoms with Crippen LogP contribution in [0.1, 0.15) is 18.9 Å². The first-order valence-electron chi connectivity index (χ1n) is 6.84. The van der Waals surface area contributed by atoms with E-state index in [1.54, 1.807) is 4.57 Å². The van der Waals surface area contributed by atoms with Gasteiger partial charge in [0, 0.05) is 6.04 Å². The van der Waals surface area contributed by atoms with Crippen LogP contribution in [0.5, 0.6) is 0 Å². The molecular formula is C14H19N3O2. The van der Waals surface area contributed by atoms with Gasteiger partial charge < -0.3 is 10.4 Å². The van der Waals surface area contributed by atoms with E-state index in [0.717, 1.165) is 37.0 Å². The minimum absolute atomic E-state index is 0.00199. The topological polar surface area (TPSA) is 59.2 Å². The van der Waals surface area contributed by atoms with Crippen molar-refractivity contribution in [2.75, 3.05) is 19.7 Å². The number of piperidine rings is 1. The minimum Gasteiger partial charge on any atom is -0.395 e. The summed E-state index contributed by atoms with van der Waals surface area (Å²) in [6, 6.07) is 8.10. The number of fused-ring (bicyclic) bond motifs is 1. The first-order valence-corrected chi connectivity index (χ1v) is 6.84. The highest BCUT2D eigenvalue weighted by Crippen LogP contribution is 2.22. The largest absolute Gasteiger partial charge is 0.395 e.